The molecular formula is C21H23FN6O. The Balaban J connectivity index is 1.39. The number of rotatable bonds is 5. The average molecular weight is 394 g/mol. The number of aromatic nitrogens is 3. The fraction of sp³-hybridized carbons (Fsp3) is 0.286. The van der Waals surface area contributed by atoms with E-state index in [0.29, 0.717) is 0 Å². The Morgan fingerprint density at radius 1 is 1.14 bits per heavy atom. The Morgan fingerprint density at radius 2 is 1.93 bits per heavy atom. The summed E-state index contributed by atoms with van der Waals surface area (Å²) in [5, 5.41) is 13.5. The number of halogens is 1. The van der Waals surface area contributed by atoms with Gasteiger partial charge in [-0.1, -0.05) is 29.5 Å². The Morgan fingerprint density at radius 3 is 2.72 bits per heavy atom. The van der Waals surface area contributed by atoms with E-state index in [1.807, 2.05) is 25.4 Å². The molecule has 1 aromatic heterocycles. The normalized spacial score (nSPS) is 13.7. The fourth-order valence-electron chi connectivity index (χ4n) is 3.60. The summed E-state index contributed by atoms with van der Waals surface area (Å²) in [5.74, 6) is -0.462. The first-order chi connectivity index (χ1) is 14.1. The first kappa shape index (κ1) is 19.1. The van der Waals surface area contributed by atoms with E-state index >= 15 is 0 Å². The Bertz CT molecular complexity index is 1020. The number of carbonyl (C=O) groups is 1. The average Bonchev–Trinajstić information content (AvgIpc) is 3.13. The standard InChI is InChI=1S/C21H23FN6O/c1-27-14-16(25-26-27)9-11-28-12-10-17-15(13-28)5-4-8-19(17)23-21(29)24-20-7-3-2-6-18(20)22/h2-8,14H,9-13H2,1H3,(H2,23,24,29). The number of benzene rings is 2. The molecule has 0 spiro atoms. The van der Waals surface area contributed by atoms with Crippen molar-refractivity contribution >= 4 is 17.4 Å². The third-order valence-electron chi connectivity index (χ3n) is 5.05. The molecule has 1 aliphatic rings. The highest BCUT2D eigenvalue weighted by Gasteiger charge is 2.20. The highest BCUT2D eigenvalue weighted by Crippen LogP contribution is 2.26. The van der Waals surface area contributed by atoms with Gasteiger partial charge in [-0.3, -0.25) is 9.58 Å². The van der Waals surface area contributed by atoms with E-state index in [0.717, 1.165) is 49.4 Å². The van der Waals surface area contributed by atoms with Gasteiger partial charge in [0.2, 0.25) is 0 Å². The molecule has 8 heteroatoms. The molecule has 150 valence electrons. The molecule has 4 rings (SSSR count). The van der Waals surface area contributed by atoms with E-state index in [1.165, 1.54) is 17.7 Å². The van der Waals surface area contributed by atoms with Gasteiger partial charge in [0.1, 0.15) is 5.82 Å². The summed E-state index contributed by atoms with van der Waals surface area (Å²) in [4.78, 5) is 14.7. The minimum Gasteiger partial charge on any atom is -0.307 e. The van der Waals surface area contributed by atoms with E-state index in [1.54, 1.807) is 16.8 Å². The van der Waals surface area contributed by atoms with Gasteiger partial charge in [-0.05, 0) is 35.7 Å². The molecule has 2 amide bonds. The van der Waals surface area contributed by atoms with Gasteiger partial charge in [-0.15, -0.1) is 5.10 Å². The predicted molar refractivity (Wildman–Crippen MR) is 109 cm³/mol. The van der Waals surface area contributed by atoms with E-state index in [9.17, 15) is 9.18 Å². The molecule has 0 fully saturated rings. The minimum absolute atomic E-state index is 0.157. The van der Waals surface area contributed by atoms with E-state index in [-0.39, 0.29) is 5.69 Å². The summed E-state index contributed by atoms with van der Waals surface area (Å²) < 4.78 is 15.5. The van der Waals surface area contributed by atoms with Crippen LogP contribution < -0.4 is 10.6 Å². The molecule has 2 N–H and O–H groups in total. The van der Waals surface area contributed by atoms with Crippen LogP contribution in [0, 0.1) is 5.82 Å². The van der Waals surface area contributed by atoms with Crippen LogP contribution in [-0.4, -0.2) is 39.0 Å². The van der Waals surface area contributed by atoms with Crippen LogP contribution in [-0.2, 0) is 26.4 Å². The van der Waals surface area contributed by atoms with Crippen LogP contribution in [0.25, 0.3) is 0 Å². The molecule has 2 aromatic carbocycles. The molecule has 1 aliphatic heterocycles. The lowest BCUT2D eigenvalue weighted by Crippen LogP contribution is -2.33. The van der Waals surface area contributed by atoms with Crippen molar-refractivity contribution in [3.05, 3.63) is 71.3 Å². The van der Waals surface area contributed by atoms with Gasteiger partial charge in [0.05, 0.1) is 11.4 Å². The van der Waals surface area contributed by atoms with Crippen molar-refractivity contribution in [2.24, 2.45) is 7.05 Å². The van der Waals surface area contributed by atoms with Crippen molar-refractivity contribution in [2.75, 3.05) is 23.7 Å². The van der Waals surface area contributed by atoms with Crippen LogP contribution >= 0.6 is 0 Å². The third kappa shape index (κ3) is 4.60. The molecule has 3 aromatic rings. The van der Waals surface area contributed by atoms with Gasteiger partial charge in [0, 0.05) is 45.0 Å². The largest absolute Gasteiger partial charge is 0.323 e. The highest BCUT2D eigenvalue weighted by molar-refractivity contribution is 6.00. The molecule has 0 radical (unpaired) electrons. The molecule has 29 heavy (non-hydrogen) atoms. The Hall–Kier alpha value is -3.26. The first-order valence-corrected chi connectivity index (χ1v) is 9.59. The maximum absolute atomic E-state index is 13.7. The van der Waals surface area contributed by atoms with Crippen LogP contribution in [0.5, 0.6) is 0 Å². The monoisotopic (exact) mass is 394 g/mol. The number of amides is 2. The predicted octanol–water partition coefficient (Wildman–Crippen LogP) is 3.20. The van der Waals surface area contributed by atoms with E-state index in [4.69, 9.17) is 0 Å². The van der Waals surface area contributed by atoms with Crippen molar-refractivity contribution < 1.29 is 9.18 Å². The molecule has 2 heterocycles. The maximum atomic E-state index is 13.7. The molecule has 0 saturated heterocycles. The van der Waals surface area contributed by atoms with Gasteiger partial charge in [-0.25, -0.2) is 9.18 Å². The topological polar surface area (TPSA) is 75.1 Å². The molecule has 0 atom stereocenters. The van der Waals surface area contributed by atoms with Gasteiger partial charge < -0.3 is 10.6 Å². The van der Waals surface area contributed by atoms with Crippen LogP contribution in [0.2, 0.25) is 0 Å². The lowest BCUT2D eigenvalue weighted by molar-refractivity contribution is 0.256. The summed E-state index contributed by atoms with van der Waals surface area (Å²) in [5.41, 5.74) is 4.24. The van der Waals surface area contributed by atoms with Crippen LogP contribution in [0.15, 0.2) is 48.7 Å². The summed E-state index contributed by atoms with van der Waals surface area (Å²) in [6.07, 6.45) is 3.63. The molecular weight excluding hydrogens is 371 g/mol. The number of hydrogen-bond acceptors (Lipinski definition) is 4. The zero-order valence-electron chi connectivity index (χ0n) is 16.2. The number of nitrogens with zero attached hydrogens (tertiary/aromatic N) is 4. The number of para-hydroxylation sites is 1. The molecule has 0 bridgehead atoms. The summed E-state index contributed by atoms with van der Waals surface area (Å²) in [6.45, 7) is 2.63. The van der Waals surface area contributed by atoms with Crippen molar-refractivity contribution in [1.29, 1.82) is 0 Å². The number of carbonyl (C=O) groups excluding carboxylic acids is 1. The maximum Gasteiger partial charge on any atom is 0.323 e. The van der Waals surface area contributed by atoms with Gasteiger partial charge >= 0.3 is 6.03 Å². The number of urea groups is 1. The molecule has 7 nitrogen and oxygen atoms in total. The number of aryl methyl sites for hydroxylation is 1. The highest BCUT2D eigenvalue weighted by atomic mass is 19.1. The fourth-order valence-corrected chi connectivity index (χ4v) is 3.60. The van der Waals surface area contributed by atoms with E-state index < -0.39 is 11.8 Å². The zero-order chi connectivity index (χ0) is 20.2. The quantitative estimate of drug-likeness (QED) is 0.697. The van der Waals surface area contributed by atoms with E-state index in [2.05, 4.69) is 31.9 Å². The summed E-state index contributed by atoms with van der Waals surface area (Å²) in [6, 6.07) is 11.6. The number of anilines is 2. The third-order valence-corrected chi connectivity index (χ3v) is 5.05. The lowest BCUT2D eigenvalue weighted by atomic mass is 9.97. The summed E-state index contributed by atoms with van der Waals surface area (Å²) in [7, 11) is 1.87. The van der Waals surface area contributed by atoms with Crippen molar-refractivity contribution in [1.82, 2.24) is 19.9 Å². The number of fused-ring (bicyclic) bond motifs is 1. The molecule has 0 unspecified atom stereocenters. The molecule has 0 aliphatic carbocycles. The SMILES string of the molecule is Cn1cc(CCN2CCc3c(cccc3NC(=O)Nc3ccccc3F)C2)nn1. The summed E-state index contributed by atoms with van der Waals surface area (Å²) >= 11 is 0. The number of hydrogen-bond donors (Lipinski definition) is 2. The van der Waals surface area contributed by atoms with Gasteiger partial charge in [-0.2, -0.15) is 0 Å². The Labute approximate surface area is 168 Å². The van der Waals surface area contributed by atoms with Crippen LogP contribution in [0.3, 0.4) is 0 Å². The lowest BCUT2D eigenvalue weighted by Gasteiger charge is -2.29. The Kier molecular flexibility index (Phi) is 5.53. The van der Waals surface area contributed by atoms with Gasteiger partial charge in [0.25, 0.3) is 0 Å². The van der Waals surface area contributed by atoms with Crippen LogP contribution in [0.1, 0.15) is 16.8 Å². The van der Waals surface area contributed by atoms with Crippen molar-refractivity contribution in [3.8, 4) is 0 Å². The molecule has 0 saturated carbocycles. The second kappa shape index (κ2) is 8.40. The van der Waals surface area contributed by atoms with Gasteiger partial charge in [0.15, 0.2) is 0 Å². The second-order valence-electron chi connectivity index (χ2n) is 7.16. The van der Waals surface area contributed by atoms with Crippen LogP contribution in [0.4, 0.5) is 20.6 Å². The minimum atomic E-state index is -0.462. The van der Waals surface area contributed by atoms with Crippen molar-refractivity contribution in [3.63, 3.8) is 0 Å². The second-order valence-corrected chi connectivity index (χ2v) is 7.16. The number of nitrogens with one attached hydrogen (secondary N) is 2. The smallest absolute Gasteiger partial charge is 0.307 e. The van der Waals surface area contributed by atoms with Crippen molar-refractivity contribution in [2.45, 2.75) is 19.4 Å². The first-order valence-electron chi connectivity index (χ1n) is 9.59. The zero-order valence-corrected chi connectivity index (χ0v) is 16.2.